The minimum absolute atomic E-state index is 0.0279. The molecule has 0 amide bonds. The Bertz CT molecular complexity index is 656. The van der Waals surface area contributed by atoms with Crippen LogP contribution in [0.25, 0.3) is 0 Å². The molecule has 2 rings (SSSR count). The van der Waals surface area contributed by atoms with Gasteiger partial charge in [0.05, 0.1) is 12.1 Å². The van der Waals surface area contributed by atoms with E-state index >= 15 is 0 Å². The van der Waals surface area contributed by atoms with Gasteiger partial charge < -0.3 is 4.74 Å². The van der Waals surface area contributed by atoms with E-state index in [4.69, 9.17) is 16.3 Å². The predicted molar refractivity (Wildman–Crippen MR) is 72.4 cm³/mol. The number of ether oxygens (including phenoxy) is 1. The Morgan fingerprint density at radius 2 is 1.90 bits per heavy atom. The van der Waals surface area contributed by atoms with Crippen LogP contribution in [0.4, 0.5) is 8.78 Å². The number of carbonyl (C=O) groups is 1. The van der Waals surface area contributed by atoms with Gasteiger partial charge in [-0.2, -0.15) is 0 Å². The number of hydrogen-bond donors (Lipinski definition) is 0. The van der Waals surface area contributed by atoms with Gasteiger partial charge in [-0.1, -0.05) is 17.7 Å². The van der Waals surface area contributed by atoms with Crippen molar-refractivity contribution < 1.29 is 18.3 Å². The summed E-state index contributed by atoms with van der Waals surface area (Å²) in [6, 6.07) is 8.04. The molecule has 0 spiro atoms. The second-order valence-electron chi connectivity index (χ2n) is 4.20. The van der Waals surface area contributed by atoms with Crippen molar-refractivity contribution in [2.45, 2.75) is 6.42 Å². The Hall–Kier alpha value is -1.94. The van der Waals surface area contributed by atoms with E-state index in [1.807, 2.05) is 0 Å². The highest BCUT2D eigenvalue weighted by Gasteiger charge is 2.11. The first kappa shape index (κ1) is 14.5. The third-order valence-corrected chi connectivity index (χ3v) is 3.12. The summed E-state index contributed by atoms with van der Waals surface area (Å²) in [6.07, 6.45) is -0.0279. The summed E-state index contributed by atoms with van der Waals surface area (Å²) in [7, 11) is 1.48. The van der Waals surface area contributed by atoms with Gasteiger partial charge in [0.15, 0.2) is 17.4 Å². The SMILES string of the molecule is COc1ccc(C(=O)Cc2ccc(F)c(F)c2)cc1Cl. The quantitative estimate of drug-likeness (QED) is 0.796. The number of benzene rings is 2. The molecule has 0 bridgehead atoms. The molecule has 0 N–H and O–H groups in total. The Labute approximate surface area is 119 Å². The standard InChI is InChI=1S/C15H11ClF2O2/c1-20-15-5-3-10(8-11(15)16)14(19)7-9-2-4-12(17)13(18)6-9/h2-6,8H,7H2,1H3. The lowest BCUT2D eigenvalue weighted by molar-refractivity contribution is 0.0993. The monoisotopic (exact) mass is 296 g/mol. The van der Waals surface area contributed by atoms with Crippen molar-refractivity contribution >= 4 is 17.4 Å². The molecular formula is C15H11ClF2O2. The summed E-state index contributed by atoms with van der Waals surface area (Å²) in [6.45, 7) is 0. The van der Waals surface area contributed by atoms with Gasteiger partial charge in [0, 0.05) is 12.0 Å². The Morgan fingerprint density at radius 3 is 2.50 bits per heavy atom. The van der Waals surface area contributed by atoms with Gasteiger partial charge in [0.1, 0.15) is 5.75 Å². The average molecular weight is 297 g/mol. The molecule has 0 radical (unpaired) electrons. The van der Waals surface area contributed by atoms with Crippen LogP contribution < -0.4 is 4.74 Å². The number of halogens is 3. The van der Waals surface area contributed by atoms with Crippen molar-refractivity contribution in [3.05, 3.63) is 64.2 Å². The largest absolute Gasteiger partial charge is 0.495 e. The Balaban J connectivity index is 2.19. The average Bonchev–Trinajstić information content (AvgIpc) is 2.42. The maximum Gasteiger partial charge on any atom is 0.167 e. The number of methoxy groups -OCH3 is 1. The maximum absolute atomic E-state index is 13.1. The van der Waals surface area contributed by atoms with Crippen LogP contribution in [0.3, 0.4) is 0 Å². The molecule has 104 valence electrons. The molecule has 5 heteroatoms. The summed E-state index contributed by atoms with van der Waals surface area (Å²) in [5.74, 6) is -1.67. The number of ketones is 1. The molecule has 20 heavy (non-hydrogen) atoms. The minimum atomic E-state index is -0.969. The van der Waals surface area contributed by atoms with Gasteiger partial charge in [-0.15, -0.1) is 0 Å². The first-order valence-corrected chi connectivity index (χ1v) is 6.19. The fraction of sp³-hybridized carbons (Fsp3) is 0.133. The van der Waals surface area contributed by atoms with Crippen molar-refractivity contribution in [1.82, 2.24) is 0 Å². The second-order valence-corrected chi connectivity index (χ2v) is 4.60. The van der Waals surface area contributed by atoms with Gasteiger partial charge in [-0.05, 0) is 35.9 Å². The number of Topliss-reactive ketones (excluding diaryl/α,β-unsaturated/α-hetero) is 1. The summed E-state index contributed by atoms with van der Waals surface area (Å²) < 4.78 is 30.9. The highest BCUT2D eigenvalue weighted by Crippen LogP contribution is 2.25. The zero-order valence-corrected chi connectivity index (χ0v) is 11.4. The number of hydrogen-bond acceptors (Lipinski definition) is 2. The van der Waals surface area contributed by atoms with Crippen molar-refractivity contribution in [3.63, 3.8) is 0 Å². The van der Waals surface area contributed by atoms with E-state index in [2.05, 4.69) is 0 Å². The van der Waals surface area contributed by atoms with Crippen LogP contribution in [0.2, 0.25) is 5.02 Å². The summed E-state index contributed by atoms with van der Waals surface area (Å²) in [4.78, 5) is 12.0. The lowest BCUT2D eigenvalue weighted by atomic mass is 10.0. The van der Waals surface area contributed by atoms with E-state index in [9.17, 15) is 13.6 Å². The van der Waals surface area contributed by atoms with Crippen LogP contribution in [0.5, 0.6) is 5.75 Å². The lowest BCUT2D eigenvalue weighted by Crippen LogP contribution is -2.04. The molecular weight excluding hydrogens is 286 g/mol. The second kappa shape index (κ2) is 6.01. The first-order chi connectivity index (χ1) is 9.51. The smallest absolute Gasteiger partial charge is 0.167 e. The van der Waals surface area contributed by atoms with E-state index in [1.54, 1.807) is 12.1 Å². The Morgan fingerprint density at radius 1 is 1.15 bits per heavy atom. The lowest BCUT2D eigenvalue weighted by Gasteiger charge is -2.06. The topological polar surface area (TPSA) is 26.3 Å². The highest BCUT2D eigenvalue weighted by atomic mass is 35.5. The van der Waals surface area contributed by atoms with Crippen molar-refractivity contribution in [2.24, 2.45) is 0 Å². The molecule has 0 aliphatic rings. The predicted octanol–water partition coefficient (Wildman–Crippen LogP) is 4.05. The maximum atomic E-state index is 13.1. The van der Waals surface area contributed by atoms with Crippen LogP contribution in [0.1, 0.15) is 15.9 Å². The fourth-order valence-corrected chi connectivity index (χ4v) is 2.03. The van der Waals surface area contributed by atoms with Crippen molar-refractivity contribution in [3.8, 4) is 5.75 Å². The molecule has 0 atom stereocenters. The molecule has 2 aromatic carbocycles. The molecule has 0 aliphatic carbocycles. The van der Waals surface area contributed by atoms with Crippen molar-refractivity contribution in [1.29, 1.82) is 0 Å². The van der Waals surface area contributed by atoms with Crippen LogP contribution in [0.15, 0.2) is 36.4 Å². The van der Waals surface area contributed by atoms with Crippen LogP contribution in [0, 0.1) is 11.6 Å². The first-order valence-electron chi connectivity index (χ1n) is 5.82. The zero-order valence-electron chi connectivity index (χ0n) is 10.6. The van der Waals surface area contributed by atoms with E-state index in [-0.39, 0.29) is 12.2 Å². The van der Waals surface area contributed by atoms with Crippen LogP contribution in [-0.2, 0) is 6.42 Å². The van der Waals surface area contributed by atoms with E-state index in [0.717, 1.165) is 12.1 Å². The molecule has 0 saturated heterocycles. The van der Waals surface area contributed by atoms with Gasteiger partial charge >= 0.3 is 0 Å². The van der Waals surface area contributed by atoms with E-state index < -0.39 is 11.6 Å². The molecule has 0 heterocycles. The molecule has 0 unspecified atom stereocenters. The molecule has 2 nitrogen and oxygen atoms in total. The fourth-order valence-electron chi connectivity index (χ4n) is 1.78. The van der Waals surface area contributed by atoms with Gasteiger partial charge in [-0.3, -0.25) is 4.79 Å². The normalized spacial score (nSPS) is 10.4. The summed E-state index contributed by atoms with van der Waals surface area (Å²) in [5.41, 5.74) is 0.793. The Kier molecular flexibility index (Phi) is 4.35. The summed E-state index contributed by atoms with van der Waals surface area (Å²) in [5, 5.41) is 0.323. The van der Waals surface area contributed by atoms with Crippen molar-refractivity contribution in [2.75, 3.05) is 7.11 Å². The molecule has 0 aromatic heterocycles. The molecule has 0 aliphatic heterocycles. The number of carbonyl (C=O) groups excluding carboxylic acids is 1. The third kappa shape index (κ3) is 3.14. The van der Waals surface area contributed by atoms with Crippen LogP contribution in [-0.4, -0.2) is 12.9 Å². The molecule has 2 aromatic rings. The van der Waals surface area contributed by atoms with E-state index in [0.29, 0.717) is 21.9 Å². The van der Waals surface area contributed by atoms with Crippen LogP contribution >= 0.6 is 11.6 Å². The zero-order chi connectivity index (χ0) is 14.7. The highest BCUT2D eigenvalue weighted by molar-refractivity contribution is 6.32. The third-order valence-electron chi connectivity index (χ3n) is 2.82. The van der Waals surface area contributed by atoms with Gasteiger partial charge in [0.2, 0.25) is 0 Å². The minimum Gasteiger partial charge on any atom is -0.495 e. The molecule has 0 fully saturated rings. The van der Waals surface area contributed by atoms with E-state index in [1.165, 1.54) is 19.2 Å². The van der Waals surface area contributed by atoms with Gasteiger partial charge in [0.25, 0.3) is 0 Å². The molecule has 0 saturated carbocycles. The summed E-state index contributed by atoms with van der Waals surface area (Å²) >= 11 is 5.94. The number of rotatable bonds is 4. The van der Waals surface area contributed by atoms with Gasteiger partial charge in [-0.25, -0.2) is 8.78 Å².